The van der Waals surface area contributed by atoms with Crippen molar-refractivity contribution in [3.8, 4) is 6.07 Å². The minimum absolute atomic E-state index is 0.0300. The first kappa shape index (κ1) is 29.5. The van der Waals surface area contributed by atoms with Crippen LogP contribution in [0.2, 0.25) is 0 Å². The second kappa shape index (κ2) is 13.4. The second-order valence-corrected chi connectivity index (χ2v) is 12.3. The highest BCUT2D eigenvalue weighted by Gasteiger charge is 2.41. The van der Waals surface area contributed by atoms with Crippen molar-refractivity contribution in [3.05, 3.63) is 59.2 Å². The number of carbonyl (C=O) groups excluding carboxylic acids is 3. The third-order valence-electron chi connectivity index (χ3n) is 8.00. The predicted octanol–water partition coefficient (Wildman–Crippen LogP) is 2.09. The number of carbonyl (C=O) groups is 3. The maximum Gasteiger partial charge on any atom is 0.243 e. The summed E-state index contributed by atoms with van der Waals surface area (Å²) in [6.45, 7) is 2.22. The van der Waals surface area contributed by atoms with Crippen molar-refractivity contribution in [1.29, 1.82) is 5.26 Å². The summed E-state index contributed by atoms with van der Waals surface area (Å²) in [6, 6.07) is 13.8. The molecular formula is C30H36N8O3S. The molecule has 0 bridgehead atoms. The van der Waals surface area contributed by atoms with E-state index in [-0.39, 0.29) is 35.8 Å². The molecular weight excluding hydrogens is 552 g/mol. The molecule has 12 heteroatoms. The molecule has 2 fully saturated rings. The molecule has 0 saturated carbocycles. The molecule has 0 aliphatic carbocycles. The van der Waals surface area contributed by atoms with Crippen molar-refractivity contribution in [2.75, 3.05) is 19.6 Å². The zero-order valence-corrected chi connectivity index (χ0v) is 24.6. The van der Waals surface area contributed by atoms with E-state index in [1.165, 1.54) is 0 Å². The van der Waals surface area contributed by atoms with Crippen molar-refractivity contribution in [3.63, 3.8) is 0 Å². The van der Waals surface area contributed by atoms with Gasteiger partial charge in [0.1, 0.15) is 11.6 Å². The first-order valence-corrected chi connectivity index (χ1v) is 15.4. The van der Waals surface area contributed by atoms with Crippen LogP contribution >= 0.6 is 11.8 Å². The average Bonchev–Trinajstić information content (AvgIpc) is 3.78. The van der Waals surface area contributed by atoms with Crippen LogP contribution in [0.4, 0.5) is 0 Å². The van der Waals surface area contributed by atoms with E-state index in [1.54, 1.807) is 33.5 Å². The van der Waals surface area contributed by atoms with E-state index in [2.05, 4.69) is 21.7 Å². The Balaban J connectivity index is 1.23. The van der Waals surface area contributed by atoms with E-state index in [0.29, 0.717) is 30.8 Å². The highest BCUT2D eigenvalue weighted by molar-refractivity contribution is 7.99. The fourth-order valence-corrected chi connectivity index (χ4v) is 6.75. The number of amides is 3. The van der Waals surface area contributed by atoms with E-state index in [4.69, 9.17) is 11.0 Å². The predicted molar refractivity (Wildman–Crippen MR) is 160 cm³/mol. The van der Waals surface area contributed by atoms with Crippen LogP contribution in [0, 0.1) is 11.3 Å². The maximum absolute atomic E-state index is 13.5. The molecule has 3 N–H and O–H groups in total. The number of rotatable bonds is 10. The quantitative estimate of drug-likeness (QED) is 0.366. The van der Waals surface area contributed by atoms with E-state index in [1.807, 2.05) is 42.3 Å². The van der Waals surface area contributed by atoms with Crippen LogP contribution in [0.25, 0.3) is 11.0 Å². The van der Waals surface area contributed by atoms with Gasteiger partial charge < -0.3 is 20.9 Å². The van der Waals surface area contributed by atoms with Crippen LogP contribution in [0.15, 0.2) is 42.5 Å². The van der Waals surface area contributed by atoms with Gasteiger partial charge in [0.15, 0.2) is 0 Å². The van der Waals surface area contributed by atoms with Gasteiger partial charge in [-0.05, 0) is 61.1 Å². The Labute approximate surface area is 249 Å². The van der Waals surface area contributed by atoms with Crippen LogP contribution in [0.3, 0.4) is 0 Å². The van der Waals surface area contributed by atoms with Crippen LogP contribution in [-0.2, 0) is 33.7 Å². The lowest BCUT2D eigenvalue weighted by molar-refractivity contribution is -0.140. The summed E-state index contributed by atoms with van der Waals surface area (Å²) in [6.07, 6.45) is 2.99. The molecule has 2 aliphatic heterocycles. The molecule has 3 aromatic rings. The number of aromatic nitrogens is 3. The Kier molecular flexibility index (Phi) is 9.39. The van der Waals surface area contributed by atoms with Gasteiger partial charge in [0.2, 0.25) is 17.7 Å². The van der Waals surface area contributed by atoms with E-state index in [0.717, 1.165) is 48.1 Å². The molecule has 2 aromatic carbocycles. The Morgan fingerprint density at radius 3 is 2.62 bits per heavy atom. The summed E-state index contributed by atoms with van der Waals surface area (Å²) in [5.74, 6) is 0.194. The van der Waals surface area contributed by atoms with Crippen molar-refractivity contribution in [1.82, 2.24) is 30.1 Å². The molecule has 3 amide bonds. The summed E-state index contributed by atoms with van der Waals surface area (Å²) in [7, 11) is 1.82. The van der Waals surface area contributed by atoms with Crippen LogP contribution in [0.5, 0.6) is 0 Å². The third-order valence-corrected chi connectivity index (χ3v) is 9.32. The fraction of sp³-hybridized carbons (Fsp3) is 0.467. The van der Waals surface area contributed by atoms with Gasteiger partial charge in [0.05, 0.1) is 23.2 Å². The SMILES string of the molecule is Cn1nnc2cc(CNC(=O)[C@@H]3CC(SCc4ccc(C#N)cc4)CN3C(=O)[C@H](N)CCC(=O)N3CCCC3)ccc21. The van der Waals surface area contributed by atoms with Crippen molar-refractivity contribution >= 4 is 40.5 Å². The molecule has 3 heterocycles. The van der Waals surface area contributed by atoms with Gasteiger partial charge >= 0.3 is 0 Å². The summed E-state index contributed by atoms with van der Waals surface area (Å²) < 4.78 is 1.69. The molecule has 5 rings (SSSR count). The number of likely N-dealkylation sites (tertiary alicyclic amines) is 2. The molecule has 0 spiro atoms. The molecule has 42 heavy (non-hydrogen) atoms. The summed E-state index contributed by atoms with van der Waals surface area (Å²) >= 11 is 1.68. The Morgan fingerprint density at radius 1 is 1.14 bits per heavy atom. The normalized spacial score (nSPS) is 19.2. The van der Waals surface area contributed by atoms with E-state index >= 15 is 0 Å². The second-order valence-electron chi connectivity index (χ2n) is 11.0. The molecule has 2 aliphatic rings. The number of hydrogen-bond donors (Lipinski definition) is 2. The lowest BCUT2D eigenvalue weighted by Crippen LogP contribution is -2.51. The minimum atomic E-state index is -0.854. The van der Waals surface area contributed by atoms with Crippen LogP contribution in [-0.4, -0.2) is 79.5 Å². The number of nitrogens with two attached hydrogens (primary N) is 1. The summed E-state index contributed by atoms with van der Waals surface area (Å²) in [5.41, 5.74) is 10.5. The zero-order chi connectivity index (χ0) is 29.6. The maximum atomic E-state index is 13.5. The number of hydrogen-bond acceptors (Lipinski definition) is 8. The zero-order valence-electron chi connectivity index (χ0n) is 23.7. The number of nitriles is 1. The Morgan fingerprint density at radius 2 is 1.88 bits per heavy atom. The molecule has 2 saturated heterocycles. The number of nitrogens with zero attached hydrogens (tertiary/aromatic N) is 6. The highest BCUT2D eigenvalue weighted by atomic mass is 32.2. The van der Waals surface area contributed by atoms with Crippen molar-refractivity contribution in [2.45, 2.75) is 61.7 Å². The van der Waals surface area contributed by atoms with E-state index < -0.39 is 12.1 Å². The monoisotopic (exact) mass is 588 g/mol. The van der Waals surface area contributed by atoms with Gasteiger partial charge in [-0.1, -0.05) is 23.4 Å². The van der Waals surface area contributed by atoms with E-state index in [9.17, 15) is 14.4 Å². The lowest BCUT2D eigenvalue weighted by atomic mass is 10.1. The number of thioether (sulfide) groups is 1. The first-order valence-electron chi connectivity index (χ1n) is 14.3. The number of nitrogens with one attached hydrogen (secondary N) is 1. The lowest BCUT2D eigenvalue weighted by Gasteiger charge is -2.27. The van der Waals surface area contributed by atoms with Crippen molar-refractivity contribution in [2.24, 2.45) is 12.8 Å². The van der Waals surface area contributed by atoms with Crippen LogP contribution < -0.4 is 11.1 Å². The molecule has 3 atom stereocenters. The third kappa shape index (κ3) is 6.91. The Bertz CT molecular complexity index is 1480. The number of aryl methyl sites for hydroxylation is 1. The summed E-state index contributed by atoms with van der Waals surface area (Å²) in [5, 5.41) is 20.3. The molecule has 0 radical (unpaired) electrons. The highest BCUT2D eigenvalue weighted by Crippen LogP contribution is 2.31. The van der Waals surface area contributed by atoms with Gasteiger partial charge in [0.25, 0.3) is 0 Å². The molecule has 1 aromatic heterocycles. The van der Waals surface area contributed by atoms with Gasteiger partial charge in [-0.2, -0.15) is 17.0 Å². The van der Waals surface area contributed by atoms with Gasteiger partial charge in [-0.3, -0.25) is 14.4 Å². The fourth-order valence-electron chi connectivity index (χ4n) is 5.54. The minimum Gasteiger partial charge on any atom is -0.350 e. The number of fused-ring (bicyclic) bond motifs is 1. The van der Waals surface area contributed by atoms with Crippen molar-refractivity contribution < 1.29 is 14.4 Å². The topological polar surface area (TPSA) is 150 Å². The standard InChI is InChI=1S/C30H36N8O3S/c1-36-26-10-8-22(14-25(26)34-35-36)17-33-29(40)27-15-23(42-19-21-6-4-20(16-31)5-7-21)18-38(27)30(41)24(32)9-11-28(39)37-12-2-3-13-37/h4-8,10,14,23-24,27H,2-3,9,11-13,15,17-19,32H2,1H3,(H,33,40)/t23?,24-,27+/m1/s1. The first-order chi connectivity index (χ1) is 20.3. The molecule has 11 nitrogen and oxygen atoms in total. The molecule has 220 valence electrons. The average molecular weight is 589 g/mol. The van der Waals surface area contributed by atoms with Gasteiger partial charge in [-0.15, -0.1) is 5.10 Å². The smallest absolute Gasteiger partial charge is 0.243 e. The van der Waals surface area contributed by atoms with Crippen LogP contribution in [0.1, 0.15) is 48.8 Å². The largest absolute Gasteiger partial charge is 0.350 e. The molecule has 1 unspecified atom stereocenters. The number of benzene rings is 2. The summed E-state index contributed by atoms with van der Waals surface area (Å²) in [4.78, 5) is 43.0. The van der Waals surface area contributed by atoms with Gasteiger partial charge in [-0.25, -0.2) is 4.68 Å². The Hall–Kier alpha value is -3.95. The van der Waals surface area contributed by atoms with Gasteiger partial charge in [0, 0.05) is 50.7 Å².